The van der Waals surface area contributed by atoms with Crippen LogP contribution in [0.1, 0.15) is 65.6 Å². The maximum Gasteiger partial charge on any atom is 0.306 e. The maximum atomic E-state index is 11.7. The lowest BCUT2D eigenvalue weighted by molar-refractivity contribution is -0.154. The number of nitrogens with two attached hydrogens (primary N) is 1. The molecule has 0 aliphatic heterocycles. The van der Waals surface area contributed by atoms with E-state index in [4.69, 9.17) is 15.0 Å². The molecular formula is C15H25N3O3. The summed E-state index contributed by atoms with van der Waals surface area (Å²) in [6.45, 7) is 9.86. The molecule has 2 N–H and O–H groups in total. The van der Waals surface area contributed by atoms with Crippen molar-refractivity contribution in [1.29, 1.82) is 0 Å². The van der Waals surface area contributed by atoms with E-state index in [0.717, 1.165) is 12.8 Å². The molecule has 1 aliphatic carbocycles. The molecular weight excluding hydrogens is 270 g/mol. The van der Waals surface area contributed by atoms with E-state index in [9.17, 15) is 4.79 Å². The van der Waals surface area contributed by atoms with Gasteiger partial charge in [0.25, 0.3) is 0 Å². The summed E-state index contributed by atoms with van der Waals surface area (Å²) >= 11 is 0. The minimum absolute atomic E-state index is 0.224. The van der Waals surface area contributed by atoms with Crippen molar-refractivity contribution in [3.05, 3.63) is 11.7 Å². The molecule has 21 heavy (non-hydrogen) atoms. The van der Waals surface area contributed by atoms with E-state index in [2.05, 4.69) is 24.0 Å². The van der Waals surface area contributed by atoms with Crippen LogP contribution in [0.2, 0.25) is 0 Å². The minimum atomic E-state index is -0.489. The van der Waals surface area contributed by atoms with Crippen molar-refractivity contribution >= 4 is 5.97 Å². The van der Waals surface area contributed by atoms with E-state index in [1.807, 2.05) is 20.8 Å². The molecule has 0 amide bonds. The van der Waals surface area contributed by atoms with Gasteiger partial charge in [0.15, 0.2) is 5.82 Å². The lowest BCUT2D eigenvalue weighted by Crippen LogP contribution is -2.53. The van der Waals surface area contributed by atoms with Gasteiger partial charge in [-0.25, -0.2) is 0 Å². The van der Waals surface area contributed by atoms with Crippen molar-refractivity contribution in [3.63, 3.8) is 0 Å². The van der Waals surface area contributed by atoms with Gasteiger partial charge in [-0.2, -0.15) is 4.98 Å². The zero-order chi connectivity index (χ0) is 15.9. The molecule has 2 rings (SSSR count). The number of carbonyl (C=O) groups is 1. The van der Waals surface area contributed by atoms with Crippen LogP contribution in [0.25, 0.3) is 0 Å². The standard InChI is InChI=1S/C15H25N3O3/c1-13(2,3)20-11(19)7-6-10-17-12(18-21-10)15(16)8-14(4,5)9-15/h6-9,16H2,1-5H3. The lowest BCUT2D eigenvalue weighted by atomic mass is 9.59. The molecule has 1 heterocycles. The van der Waals surface area contributed by atoms with Crippen molar-refractivity contribution in [3.8, 4) is 0 Å². The van der Waals surface area contributed by atoms with Crippen LogP contribution < -0.4 is 5.73 Å². The Morgan fingerprint density at radius 1 is 1.38 bits per heavy atom. The van der Waals surface area contributed by atoms with Crippen molar-refractivity contribution in [1.82, 2.24) is 10.1 Å². The SMILES string of the molecule is CC1(C)CC(N)(c2noc(CCC(=O)OC(C)(C)C)n2)C1. The first kappa shape index (κ1) is 15.9. The molecule has 6 heteroatoms. The third-order valence-electron chi connectivity index (χ3n) is 3.46. The molecule has 118 valence electrons. The smallest absolute Gasteiger partial charge is 0.306 e. The van der Waals surface area contributed by atoms with Gasteiger partial charge in [0.2, 0.25) is 5.89 Å². The number of carbonyl (C=O) groups excluding carboxylic acids is 1. The van der Waals surface area contributed by atoms with Crippen molar-refractivity contribution < 1.29 is 14.1 Å². The normalized spacial score (nSPS) is 19.9. The first-order chi connectivity index (χ1) is 9.49. The average molecular weight is 295 g/mol. The van der Waals surface area contributed by atoms with Gasteiger partial charge >= 0.3 is 5.97 Å². The molecule has 6 nitrogen and oxygen atoms in total. The van der Waals surface area contributed by atoms with Crippen LogP contribution in [0.15, 0.2) is 4.52 Å². The maximum absolute atomic E-state index is 11.7. The minimum Gasteiger partial charge on any atom is -0.460 e. The third-order valence-corrected chi connectivity index (χ3v) is 3.46. The van der Waals surface area contributed by atoms with Crippen LogP contribution in [0.4, 0.5) is 0 Å². The van der Waals surface area contributed by atoms with E-state index < -0.39 is 11.1 Å². The summed E-state index contributed by atoms with van der Waals surface area (Å²) in [6.07, 6.45) is 2.28. The Hall–Kier alpha value is -1.43. The number of hydrogen-bond acceptors (Lipinski definition) is 6. The number of aromatic nitrogens is 2. The van der Waals surface area contributed by atoms with Crippen LogP contribution in [-0.2, 0) is 21.5 Å². The summed E-state index contributed by atoms with van der Waals surface area (Å²) in [6, 6.07) is 0. The van der Waals surface area contributed by atoms with Crippen LogP contribution in [0.3, 0.4) is 0 Å². The lowest BCUT2D eigenvalue weighted by Gasteiger charge is -2.48. The summed E-state index contributed by atoms with van der Waals surface area (Å²) in [5.74, 6) is 0.709. The Kier molecular flexibility index (Phi) is 3.86. The number of aryl methyl sites for hydroxylation is 1. The van der Waals surface area contributed by atoms with Gasteiger partial charge < -0.3 is 15.0 Å². The first-order valence-corrected chi connectivity index (χ1v) is 7.33. The fourth-order valence-electron chi connectivity index (χ4n) is 2.97. The molecule has 0 atom stereocenters. The van der Waals surface area contributed by atoms with Crippen LogP contribution in [0, 0.1) is 5.41 Å². The van der Waals surface area contributed by atoms with Crippen LogP contribution >= 0.6 is 0 Å². The van der Waals surface area contributed by atoms with E-state index >= 15 is 0 Å². The van der Waals surface area contributed by atoms with Crippen LogP contribution in [-0.4, -0.2) is 21.7 Å². The highest BCUT2D eigenvalue weighted by Gasteiger charge is 2.50. The van der Waals surface area contributed by atoms with Gasteiger partial charge in [0, 0.05) is 6.42 Å². The van der Waals surface area contributed by atoms with Gasteiger partial charge in [-0.05, 0) is 39.0 Å². The Morgan fingerprint density at radius 3 is 2.52 bits per heavy atom. The molecule has 0 spiro atoms. The van der Waals surface area contributed by atoms with Gasteiger partial charge in [-0.15, -0.1) is 0 Å². The molecule has 1 fully saturated rings. The number of ether oxygens (including phenoxy) is 1. The van der Waals surface area contributed by atoms with Crippen molar-refractivity contribution in [2.45, 2.75) is 71.4 Å². The zero-order valence-electron chi connectivity index (χ0n) is 13.5. The molecule has 0 bridgehead atoms. The summed E-state index contributed by atoms with van der Waals surface area (Å²) in [7, 11) is 0. The highest BCUT2D eigenvalue weighted by molar-refractivity contribution is 5.70. The van der Waals surface area contributed by atoms with Gasteiger partial charge in [-0.1, -0.05) is 19.0 Å². The van der Waals surface area contributed by atoms with Crippen LogP contribution in [0.5, 0.6) is 0 Å². The monoisotopic (exact) mass is 295 g/mol. The van der Waals surface area contributed by atoms with E-state index in [0.29, 0.717) is 18.1 Å². The summed E-state index contributed by atoms with van der Waals surface area (Å²) in [5, 5.41) is 3.96. The summed E-state index contributed by atoms with van der Waals surface area (Å²) in [5.41, 5.74) is 5.54. The van der Waals surface area contributed by atoms with E-state index in [-0.39, 0.29) is 17.8 Å². The Balaban J connectivity index is 1.88. The Labute approximate surface area is 125 Å². The number of hydrogen-bond donors (Lipinski definition) is 1. The number of rotatable bonds is 4. The second-order valence-electron chi connectivity index (χ2n) is 7.77. The molecule has 1 aromatic rings. The predicted octanol–water partition coefficient (Wildman–Crippen LogP) is 2.32. The second-order valence-corrected chi connectivity index (χ2v) is 7.77. The van der Waals surface area contributed by atoms with Gasteiger partial charge in [-0.3, -0.25) is 4.79 Å². The van der Waals surface area contributed by atoms with Gasteiger partial charge in [0.05, 0.1) is 12.0 Å². The molecule has 0 aromatic carbocycles. The highest BCUT2D eigenvalue weighted by Crippen LogP contribution is 2.50. The molecule has 1 aromatic heterocycles. The second kappa shape index (κ2) is 5.09. The largest absolute Gasteiger partial charge is 0.460 e. The highest BCUT2D eigenvalue weighted by atomic mass is 16.6. The average Bonchev–Trinajstić information content (AvgIpc) is 2.70. The number of nitrogens with zero attached hydrogens (tertiary/aromatic N) is 2. The zero-order valence-corrected chi connectivity index (χ0v) is 13.5. The first-order valence-electron chi connectivity index (χ1n) is 7.33. The summed E-state index contributed by atoms with van der Waals surface area (Å²) < 4.78 is 10.4. The molecule has 1 saturated carbocycles. The third kappa shape index (κ3) is 4.03. The fraction of sp³-hybridized carbons (Fsp3) is 0.800. The van der Waals surface area contributed by atoms with Crippen molar-refractivity contribution in [2.24, 2.45) is 11.1 Å². The van der Waals surface area contributed by atoms with Gasteiger partial charge in [0.1, 0.15) is 5.60 Å². The van der Waals surface area contributed by atoms with E-state index in [1.165, 1.54) is 0 Å². The number of esters is 1. The molecule has 0 unspecified atom stereocenters. The summed E-state index contributed by atoms with van der Waals surface area (Å²) in [4.78, 5) is 16.0. The molecule has 0 saturated heterocycles. The Morgan fingerprint density at radius 2 is 2.00 bits per heavy atom. The topological polar surface area (TPSA) is 91.2 Å². The quantitative estimate of drug-likeness (QED) is 0.857. The van der Waals surface area contributed by atoms with E-state index in [1.54, 1.807) is 0 Å². The molecule has 1 aliphatic rings. The predicted molar refractivity (Wildman–Crippen MR) is 77.3 cm³/mol. The fourth-order valence-corrected chi connectivity index (χ4v) is 2.97. The Bertz CT molecular complexity index is 521. The van der Waals surface area contributed by atoms with Crippen molar-refractivity contribution in [2.75, 3.05) is 0 Å². The molecule has 0 radical (unpaired) electrons.